The molecule has 2 aromatic heterocycles. The van der Waals surface area contributed by atoms with Gasteiger partial charge in [-0.05, 0) is 49.2 Å². The molecule has 0 fully saturated rings. The molecule has 0 unspecified atom stereocenters. The Kier molecular flexibility index (Phi) is 8.52. The number of H-pyrrole nitrogens is 1. The van der Waals surface area contributed by atoms with E-state index in [2.05, 4.69) is 36.1 Å². The number of hydrogen-bond acceptors (Lipinski definition) is 6. The minimum atomic E-state index is -4.92. The molecule has 0 bridgehead atoms. The zero-order chi connectivity index (χ0) is 30.8. The van der Waals surface area contributed by atoms with Crippen LogP contribution in [0.15, 0.2) is 48.5 Å². The zero-order valence-electron chi connectivity index (χ0n) is 22.0. The van der Waals surface area contributed by atoms with Crippen molar-refractivity contribution in [1.29, 1.82) is 0 Å². The number of nitrogens with zero attached hydrogens (tertiary/aromatic N) is 3. The van der Waals surface area contributed by atoms with Gasteiger partial charge in [-0.3, -0.25) is 5.10 Å². The molecular weight excluding hydrogens is 592 g/mol. The van der Waals surface area contributed by atoms with Gasteiger partial charge >= 0.3 is 24.4 Å². The van der Waals surface area contributed by atoms with Crippen LogP contribution in [-0.2, 0) is 12.4 Å². The second-order valence-corrected chi connectivity index (χ2v) is 9.65. The molecule has 4 rings (SSSR count). The SMILES string of the molecule is Cc1cc(Nc2cc(C(C)C)n[nH]2)nc(Oc2ccc(NC(=O)Nc3ccc(Cl)c(C(F)(F)F)c3)cc2C(F)(F)F)n1. The summed E-state index contributed by atoms with van der Waals surface area (Å²) in [6.45, 7) is 5.51. The van der Waals surface area contributed by atoms with E-state index < -0.39 is 40.3 Å². The molecule has 16 heteroatoms. The maximum atomic E-state index is 13.9. The summed E-state index contributed by atoms with van der Waals surface area (Å²) < 4.78 is 86.4. The van der Waals surface area contributed by atoms with Crippen LogP contribution in [0.4, 0.5) is 54.1 Å². The fraction of sp³-hybridized carbons (Fsp3) is 0.231. The lowest BCUT2D eigenvalue weighted by atomic mass is 10.1. The van der Waals surface area contributed by atoms with Gasteiger partial charge in [0.25, 0.3) is 0 Å². The van der Waals surface area contributed by atoms with E-state index in [0.29, 0.717) is 23.6 Å². The Bertz CT molecular complexity index is 1600. The Labute approximate surface area is 239 Å². The highest BCUT2D eigenvalue weighted by molar-refractivity contribution is 6.31. The van der Waals surface area contributed by atoms with Crippen molar-refractivity contribution in [2.75, 3.05) is 16.0 Å². The van der Waals surface area contributed by atoms with Crippen LogP contribution in [-0.4, -0.2) is 26.2 Å². The van der Waals surface area contributed by atoms with Gasteiger partial charge in [0, 0.05) is 29.2 Å². The van der Waals surface area contributed by atoms with Crippen LogP contribution in [0.1, 0.15) is 42.3 Å². The molecule has 4 N–H and O–H groups in total. The quantitative estimate of drug-likeness (QED) is 0.155. The fourth-order valence-electron chi connectivity index (χ4n) is 3.62. The van der Waals surface area contributed by atoms with Gasteiger partial charge < -0.3 is 20.7 Å². The van der Waals surface area contributed by atoms with Gasteiger partial charge in [-0.15, -0.1) is 0 Å². The first kappa shape index (κ1) is 30.4. The lowest BCUT2D eigenvalue weighted by molar-refractivity contribution is -0.139. The average Bonchev–Trinajstić information content (AvgIpc) is 3.33. The number of benzene rings is 2. The molecule has 0 spiro atoms. The minimum Gasteiger partial charge on any atom is -0.424 e. The third kappa shape index (κ3) is 7.60. The minimum absolute atomic E-state index is 0.159. The third-order valence-electron chi connectivity index (χ3n) is 5.56. The summed E-state index contributed by atoms with van der Waals surface area (Å²) in [4.78, 5) is 20.5. The second kappa shape index (κ2) is 11.8. The standard InChI is InChI=1S/C26H22ClF6N7O2/c1-12(2)19-11-22(40-39-19)37-21-8-13(3)34-24(38-21)42-20-7-5-15(10-17(20)26(31,32)33)36-23(41)35-14-4-6-18(27)16(9-14)25(28,29)30/h4-12H,1-3H3,(H2,35,36,41)(H2,34,37,38,39,40). The molecule has 0 saturated carbocycles. The highest BCUT2D eigenvalue weighted by atomic mass is 35.5. The fourth-order valence-corrected chi connectivity index (χ4v) is 3.84. The van der Waals surface area contributed by atoms with Gasteiger partial charge in [0.2, 0.25) is 0 Å². The summed E-state index contributed by atoms with van der Waals surface area (Å²) in [5, 5.41) is 13.6. The number of carbonyl (C=O) groups excluding carboxylic acids is 1. The highest BCUT2D eigenvalue weighted by Crippen LogP contribution is 2.40. The van der Waals surface area contributed by atoms with E-state index in [1.165, 1.54) is 0 Å². The Morgan fingerprint density at radius 1 is 0.905 bits per heavy atom. The van der Waals surface area contributed by atoms with E-state index in [-0.39, 0.29) is 29.1 Å². The summed E-state index contributed by atoms with van der Waals surface area (Å²) >= 11 is 5.56. The number of aromatic nitrogens is 4. The van der Waals surface area contributed by atoms with Crippen molar-refractivity contribution < 1.29 is 35.9 Å². The predicted octanol–water partition coefficient (Wildman–Crippen LogP) is 8.50. The molecule has 0 aliphatic heterocycles. The van der Waals surface area contributed by atoms with Gasteiger partial charge in [-0.25, -0.2) is 9.78 Å². The lowest BCUT2D eigenvalue weighted by Crippen LogP contribution is -2.20. The van der Waals surface area contributed by atoms with Gasteiger partial charge in [0.1, 0.15) is 22.9 Å². The Morgan fingerprint density at radius 3 is 2.12 bits per heavy atom. The predicted molar refractivity (Wildman–Crippen MR) is 143 cm³/mol. The van der Waals surface area contributed by atoms with Crippen LogP contribution < -0.4 is 20.7 Å². The van der Waals surface area contributed by atoms with Crippen molar-refractivity contribution in [1.82, 2.24) is 20.2 Å². The largest absolute Gasteiger partial charge is 0.424 e. The molecular formula is C26H22ClF6N7O2. The van der Waals surface area contributed by atoms with E-state index >= 15 is 0 Å². The first-order chi connectivity index (χ1) is 19.6. The van der Waals surface area contributed by atoms with Crippen molar-refractivity contribution in [3.63, 3.8) is 0 Å². The highest BCUT2D eigenvalue weighted by Gasteiger charge is 2.36. The lowest BCUT2D eigenvalue weighted by Gasteiger charge is -2.16. The van der Waals surface area contributed by atoms with Gasteiger partial charge in [0.05, 0.1) is 16.3 Å². The van der Waals surface area contributed by atoms with Crippen LogP contribution >= 0.6 is 11.6 Å². The van der Waals surface area contributed by atoms with Crippen LogP contribution in [0.3, 0.4) is 0 Å². The molecule has 0 saturated heterocycles. The number of amides is 2. The molecule has 0 aliphatic carbocycles. The second-order valence-electron chi connectivity index (χ2n) is 9.25. The van der Waals surface area contributed by atoms with Gasteiger partial charge in [-0.1, -0.05) is 25.4 Å². The summed E-state index contributed by atoms with van der Waals surface area (Å²) in [6, 6.07) is 7.14. The molecule has 9 nitrogen and oxygen atoms in total. The van der Waals surface area contributed by atoms with Gasteiger partial charge in [-0.2, -0.15) is 36.4 Å². The van der Waals surface area contributed by atoms with Crippen molar-refractivity contribution >= 4 is 40.6 Å². The Morgan fingerprint density at radius 2 is 1.52 bits per heavy atom. The number of carbonyl (C=O) groups is 1. The molecule has 0 aliphatic rings. The molecule has 222 valence electrons. The van der Waals surface area contributed by atoms with Crippen LogP contribution in [0.5, 0.6) is 11.8 Å². The van der Waals surface area contributed by atoms with Crippen LogP contribution in [0.25, 0.3) is 0 Å². The number of urea groups is 1. The van der Waals surface area contributed by atoms with E-state index in [9.17, 15) is 31.1 Å². The number of halogens is 7. The van der Waals surface area contributed by atoms with Crippen molar-refractivity contribution in [2.45, 2.75) is 39.0 Å². The monoisotopic (exact) mass is 613 g/mol. The summed E-state index contributed by atoms with van der Waals surface area (Å²) in [5.41, 5.74) is -1.87. The summed E-state index contributed by atoms with van der Waals surface area (Å²) in [7, 11) is 0. The Balaban J connectivity index is 1.53. The van der Waals surface area contributed by atoms with Crippen LogP contribution in [0.2, 0.25) is 5.02 Å². The van der Waals surface area contributed by atoms with Crippen molar-refractivity contribution in [3.8, 4) is 11.8 Å². The van der Waals surface area contributed by atoms with E-state index in [1.807, 2.05) is 13.8 Å². The molecule has 4 aromatic rings. The number of anilines is 4. The molecule has 2 amide bonds. The maximum absolute atomic E-state index is 13.9. The molecule has 2 aromatic carbocycles. The third-order valence-corrected chi connectivity index (χ3v) is 5.89. The average molecular weight is 614 g/mol. The topological polar surface area (TPSA) is 117 Å². The number of alkyl halides is 6. The summed E-state index contributed by atoms with van der Waals surface area (Å²) in [5.74, 6) is 0.240. The Hall–Kier alpha value is -4.53. The van der Waals surface area contributed by atoms with Gasteiger partial charge in [0.15, 0.2) is 0 Å². The smallest absolute Gasteiger partial charge is 0.420 e. The number of aryl methyl sites for hydroxylation is 1. The van der Waals surface area contributed by atoms with E-state index in [4.69, 9.17) is 16.3 Å². The number of rotatable bonds is 7. The zero-order valence-corrected chi connectivity index (χ0v) is 22.8. The normalized spacial score (nSPS) is 11.9. The molecule has 2 heterocycles. The number of hydrogen-bond donors (Lipinski definition) is 4. The molecule has 0 radical (unpaired) electrons. The number of nitrogens with one attached hydrogen (secondary N) is 4. The number of ether oxygens (including phenoxy) is 1. The first-order valence-corrected chi connectivity index (χ1v) is 12.5. The van der Waals surface area contributed by atoms with Crippen LogP contribution in [0, 0.1) is 6.92 Å². The van der Waals surface area contributed by atoms with Crippen molar-refractivity contribution in [2.24, 2.45) is 0 Å². The number of aromatic amines is 1. The van der Waals surface area contributed by atoms with E-state index in [0.717, 1.165) is 30.0 Å². The molecule has 42 heavy (non-hydrogen) atoms. The maximum Gasteiger partial charge on any atom is 0.420 e. The molecule has 0 atom stereocenters. The van der Waals surface area contributed by atoms with Crippen molar-refractivity contribution in [3.05, 3.63) is 76.1 Å². The first-order valence-electron chi connectivity index (χ1n) is 12.1. The van der Waals surface area contributed by atoms with E-state index in [1.54, 1.807) is 19.1 Å². The summed E-state index contributed by atoms with van der Waals surface area (Å²) in [6.07, 6.45) is -9.70.